The number of ether oxygens (including phenoxy) is 2. The van der Waals surface area contributed by atoms with Gasteiger partial charge >= 0.3 is 0 Å². The maximum atomic E-state index is 13.1. The summed E-state index contributed by atoms with van der Waals surface area (Å²) in [6.07, 6.45) is 0.876. The highest BCUT2D eigenvalue weighted by Crippen LogP contribution is 2.30. The Morgan fingerprint density at radius 2 is 1.82 bits per heavy atom. The Morgan fingerprint density at radius 3 is 2.48 bits per heavy atom. The largest absolute Gasteiger partial charge is 0.484 e. The fraction of sp³-hybridized carbons (Fsp3) is 0.458. The Balaban J connectivity index is 1.82. The number of carbonyl (C=O) groups is 1. The highest BCUT2D eigenvalue weighted by molar-refractivity contribution is 7.89. The van der Waals surface area contributed by atoms with E-state index in [-0.39, 0.29) is 17.4 Å². The van der Waals surface area contributed by atoms with Gasteiger partial charge in [-0.15, -0.1) is 0 Å². The lowest BCUT2D eigenvalue weighted by molar-refractivity contribution is -0.118. The van der Waals surface area contributed by atoms with Gasteiger partial charge in [0.15, 0.2) is 6.61 Å². The number of hydrogen-bond donors (Lipinski definition) is 1. The zero-order valence-corrected chi connectivity index (χ0v) is 20.4. The summed E-state index contributed by atoms with van der Waals surface area (Å²) in [6, 6.07) is 12.5. The Labute approximate surface area is 196 Å². The molecule has 0 aliphatic carbocycles. The van der Waals surface area contributed by atoms with Crippen molar-refractivity contribution in [1.82, 2.24) is 4.31 Å². The fourth-order valence-corrected chi connectivity index (χ4v) is 5.18. The molecule has 8 nitrogen and oxygen atoms in total. The van der Waals surface area contributed by atoms with Gasteiger partial charge in [-0.2, -0.15) is 4.31 Å². The molecule has 1 fully saturated rings. The summed E-state index contributed by atoms with van der Waals surface area (Å²) in [5.41, 5.74) is 2.34. The maximum Gasteiger partial charge on any atom is 0.262 e. The number of anilines is 2. The van der Waals surface area contributed by atoms with Crippen LogP contribution in [0.1, 0.15) is 26.3 Å². The van der Waals surface area contributed by atoms with E-state index in [1.54, 1.807) is 12.1 Å². The number of sulfonamides is 1. The number of aryl methyl sites for hydroxylation is 1. The van der Waals surface area contributed by atoms with Gasteiger partial charge < -0.3 is 19.7 Å². The second kappa shape index (κ2) is 11.5. The van der Waals surface area contributed by atoms with Crippen LogP contribution in [0.4, 0.5) is 11.4 Å². The first-order valence-corrected chi connectivity index (χ1v) is 12.8. The molecule has 1 amide bonds. The smallest absolute Gasteiger partial charge is 0.262 e. The first-order chi connectivity index (χ1) is 15.9. The van der Waals surface area contributed by atoms with Gasteiger partial charge in [0.25, 0.3) is 5.91 Å². The van der Waals surface area contributed by atoms with E-state index in [9.17, 15) is 13.2 Å². The van der Waals surface area contributed by atoms with E-state index >= 15 is 0 Å². The summed E-state index contributed by atoms with van der Waals surface area (Å²) in [6.45, 7) is 8.70. The number of nitrogens with zero attached hydrogens (tertiary/aromatic N) is 2. The Bertz CT molecular complexity index is 1050. The minimum Gasteiger partial charge on any atom is -0.484 e. The van der Waals surface area contributed by atoms with Crippen molar-refractivity contribution in [2.45, 2.75) is 32.1 Å². The maximum absolute atomic E-state index is 13.1. The summed E-state index contributed by atoms with van der Waals surface area (Å²) in [5.74, 6) is 0.267. The molecule has 0 aromatic heterocycles. The molecule has 9 heteroatoms. The van der Waals surface area contributed by atoms with E-state index in [1.807, 2.05) is 38.1 Å². The number of morpholine rings is 1. The van der Waals surface area contributed by atoms with E-state index in [1.165, 1.54) is 10.4 Å². The van der Waals surface area contributed by atoms with Crippen LogP contribution in [0.15, 0.2) is 47.4 Å². The van der Waals surface area contributed by atoms with Crippen molar-refractivity contribution in [2.24, 2.45) is 0 Å². The van der Waals surface area contributed by atoms with Crippen molar-refractivity contribution in [1.29, 1.82) is 0 Å². The molecule has 3 rings (SSSR count). The lowest BCUT2D eigenvalue weighted by atomic mass is 10.2. The molecule has 0 atom stereocenters. The molecule has 1 aliphatic heterocycles. The summed E-state index contributed by atoms with van der Waals surface area (Å²) >= 11 is 0. The van der Waals surface area contributed by atoms with Gasteiger partial charge in [0, 0.05) is 26.2 Å². The van der Waals surface area contributed by atoms with Crippen LogP contribution in [0.25, 0.3) is 0 Å². The standard InChI is InChI=1S/C24H33N3O5S/c1-4-19-8-7-9-20(16-19)32-18-24(28)25-22-17-21(10-11-23(22)26(5-2)6-3)33(29,30)27-12-14-31-15-13-27/h7-11,16-17H,4-6,12-15,18H2,1-3H3,(H,25,28). The minimum absolute atomic E-state index is 0.146. The molecule has 1 saturated heterocycles. The van der Waals surface area contributed by atoms with Gasteiger partial charge in [0.05, 0.1) is 29.5 Å². The number of rotatable bonds is 10. The molecule has 33 heavy (non-hydrogen) atoms. The summed E-state index contributed by atoms with van der Waals surface area (Å²) in [5, 5.41) is 2.86. The molecule has 1 heterocycles. The third-order valence-electron chi connectivity index (χ3n) is 5.63. The first kappa shape index (κ1) is 25.0. The second-order valence-corrected chi connectivity index (χ2v) is 9.64. The topological polar surface area (TPSA) is 88.2 Å². The number of benzene rings is 2. The summed E-state index contributed by atoms with van der Waals surface area (Å²) < 4.78 is 38.6. The van der Waals surface area contributed by atoms with Gasteiger partial charge in [-0.25, -0.2) is 8.42 Å². The number of nitrogens with one attached hydrogen (secondary N) is 1. The lowest BCUT2D eigenvalue weighted by Gasteiger charge is -2.28. The Hall–Kier alpha value is -2.62. The van der Waals surface area contributed by atoms with Crippen LogP contribution < -0.4 is 15.0 Å². The van der Waals surface area contributed by atoms with Gasteiger partial charge in [-0.3, -0.25) is 4.79 Å². The Kier molecular flexibility index (Phi) is 8.71. The fourth-order valence-electron chi connectivity index (χ4n) is 3.74. The van der Waals surface area contributed by atoms with Crippen LogP contribution in [0.2, 0.25) is 0 Å². The van der Waals surface area contributed by atoms with E-state index in [2.05, 4.69) is 17.1 Å². The quantitative estimate of drug-likeness (QED) is 0.568. The van der Waals surface area contributed by atoms with Gasteiger partial charge in [0.1, 0.15) is 5.75 Å². The molecular formula is C24H33N3O5S. The molecule has 0 radical (unpaired) electrons. The number of amides is 1. The molecule has 2 aromatic carbocycles. The predicted molar refractivity (Wildman–Crippen MR) is 130 cm³/mol. The molecule has 0 bridgehead atoms. The van der Waals surface area contributed by atoms with Crippen molar-refractivity contribution in [3.63, 3.8) is 0 Å². The molecule has 1 aliphatic rings. The third-order valence-corrected chi connectivity index (χ3v) is 7.53. The van der Waals surface area contributed by atoms with Gasteiger partial charge in [-0.05, 0) is 56.2 Å². The molecule has 0 saturated carbocycles. The first-order valence-electron chi connectivity index (χ1n) is 11.4. The van der Waals surface area contributed by atoms with E-state index in [0.717, 1.165) is 30.8 Å². The average Bonchev–Trinajstić information content (AvgIpc) is 2.85. The van der Waals surface area contributed by atoms with Gasteiger partial charge in [-0.1, -0.05) is 19.1 Å². The molecule has 180 valence electrons. The van der Waals surface area contributed by atoms with Crippen LogP contribution in [0.3, 0.4) is 0 Å². The zero-order valence-electron chi connectivity index (χ0n) is 19.5. The average molecular weight is 476 g/mol. The van der Waals surface area contributed by atoms with Crippen LogP contribution >= 0.6 is 0 Å². The van der Waals surface area contributed by atoms with Crippen LogP contribution in [0, 0.1) is 0 Å². The van der Waals surface area contributed by atoms with Crippen LogP contribution in [-0.2, 0) is 26.0 Å². The molecular weight excluding hydrogens is 442 g/mol. The minimum atomic E-state index is -3.69. The summed E-state index contributed by atoms with van der Waals surface area (Å²) in [4.78, 5) is 14.9. The van der Waals surface area contributed by atoms with Crippen molar-refractivity contribution < 1.29 is 22.7 Å². The molecule has 0 unspecified atom stereocenters. The van der Waals surface area contributed by atoms with E-state index < -0.39 is 10.0 Å². The molecule has 1 N–H and O–H groups in total. The summed E-state index contributed by atoms with van der Waals surface area (Å²) in [7, 11) is -3.69. The van der Waals surface area contributed by atoms with Crippen molar-refractivity contribution in [3.05, 3.63) is 48.0 Å². The van der Waals surface area contributed by atoms with E-state index in [0.29, 0.717) is 37.7 Å². The Morgan fingerprint density at radius 1 is 1.09 bits per heavy atom. The predicted octanol–water partition coefficient (Wildman–Crippen LogP) is 3.13. The lowest BCUT2D eigenvalue weighted by Crippen LogP contribution is -2.40. The van der Waals surface area contributed by atoms with Crippen molar-refractivity contribution >= 4 is 27.3 Å². The molecule has 0 spiro atoms. The number of carbonyl (C=O) groups excluding carboxylic acids is 1. The third kappa shape index (κ3) is 6.25. The van der Waals surface area contributed by atoms with Gasteiger partial charge in [0.2, 0.25) is 10.0 Å². The zero-order chi connectivity index (χ0) is 23.8. The normalized spacial score (nSPS) is 14.6. The molecule has 2 aromatic rings. The highest BCUT2D eigenvalue weighted by atomic mass is 32.2. The highest BCUT2D eigenvalue weighted by Gasteiger charge is 2.27. The van der Waals surface area contributed by atoms with E-state index in [4.69, 9.17) is 9.47 Å². The van der Waals surface area contributed by atoms with Crippen molar-refractivity contribution in [3.8, 4) is 5.75 Å². The van der Waals surface area contributed by atoms with Crippen molar-refractivity contribution in [2.75, 3.05) is 56.2 Å². The number of hydrogen-bond acceptors (Lipinski definition) is 6. The second-order valence-electron chi connectivity index (χ2n) is 7.71. The van der Waals surface area contributed by atoms with Crippen LogP contribution in [-0.4, -0.2) is 64.6 Å². The van der Waals surface area contributed by atoms with Crippen LogP contribution in [0.5, 0.6) is 5.75 Å². The monoisotopic (exact) mass is 475 g/mol. The SMILES string of the molecule is CCc1cccc(OCC(=O)Nc2cc(S(=O)(=O)N3CCOCC3)ccc2N(CC)CC)c1.